The van der Waals surface area contributed by atoms with Crippen LogP contribution in [-0.4, -0.2) is 0 Å². The summed E-state index contributed by atoms with van der Waals surface area (Å²) < 4.78 is 0. The van der Waals surface area contributed by atoms with E-state index in [1.165, 1.54) is 47.7 Å². The molecular weight excluding hydrogens is 885 g/mol. The van der Waals surface area contributed by atoms with Gasteiger partial charge in [0.1, 0.15) is 47.7 Å². The normalized spacial score (nSPS) is 10.3. The van der Waals surface area contributed by atoms with Crippen molar-refractivity contribution < 1.29 is 20.0 Å². The van der Waals surface area contributed by atoms with Gasteiger partial charge in [0, 0.05) is 0 Å². The van der Waals surface area contributed by atoms with Gasteiger partial charge in [0.2, 0.25) is 0 Å². The van der Waals surface area contributed by atoms with Crippen molar-refractivity contribution in [2.45, 2.75) is 0 Å². The molecule has 0 amide bonds. The molecule has 0 nitrogen and oxygen atoms in total. The zero-order valence-electron chi connectivity index (χ0n) is 32.7. The van der Waals surface area contributed by atoms with Crippen molar-refractivity contribution in [2.75, 3.05) is 0 Å². The SMILES string of the molecule is [Cl][Ag].c1ccc([PH+](c2ccccc2)c2ccccc2)cc1.c1ccc([PH+](c2ccccc2)c2ccccc2)cc1.c1ccc([PH+](c2ccccc2)c2ccccc2)cc1. The maximum Gasteiger partial charge on any atom is 0.102 e. The zero-order chi connectivity index (χ0) is 40.7. The van der Waals surface area contributed by atoms with Gasteiger partial charge in [-0.2, -0.15) is 0 Å². The number of hydrogen-bond donors (Lipinski definition) is 0. The minimum atomic E-state index is -0.877. The Hall–Kier alpha value is -4.70. The molecule has 9 aromatic rings. The molecule has 0 radical (unpaired) electrons. The average Bonchev–Trinajstić information content (AvgIpc) is 3.34. The summed E-state index contributed by atoms with van der Waals surface area (Å²) in [5, 5.41) is 12.9. The molecule has 0 N–H and O–H groups in total. The monoisotopic (exact) mass is 931 g/mol. The molecule has 0 unspecified atom stereocenters. The quantitative estimate of drug-likeness (QED) is 0.1000. The van der Waals surface area contributed by atoms with Gasteiger partial charge in [0.05, 0.1) is 23.8 Å². The Morgan fingerprint density at radius 2 is 0.254 bits per heavy atom. The van der Waals surface area contributed by atoms with Crippen LogP contribution in [0.5, 0.6) is 0 Å². The van der Waals surface area contributed by atoms with Gasteiger partial charge in [-0.1, -0.05) is 164 Å². The second-order valence-electron chi connectivity index (χ2n) is 13.4. The van der Waals surface area contributed by atoms with E-state index in [0.717, 1.165) is 0 Å². The summed E-state index contributed by atoms with van der Waals surface area (Å²) in [6.07, 6.45) is 0. The Morgan fingerprint density at radius 3 is 0.339 bits per heavy atom. The summed E-state index contributed by atoms with van der Waals surface area (Å²) in [4.78, 5) is 0. The molecule has 0 heterocycles. The Morgan fingerprint density at radius 1 is 0.169 bits per heavy atom. The van der Waals surface area contributed by atoms with Crippen molar-refractivity contribution in [2.24, 2.45) is 0 Å². The largest absolute Gasteiger partial charge is 0.102 e. The fourth-order valence-electron chi connectivity index (χ4n) is 6.94. The van der Waals surface area contributed by atoms with E-state index in [0.29, 0.717) is 0 Å². The fourth-order valence-corrected chi connectivity index (χ4v) is 14.7. The minimum Gasteiger partial charge on any atom is -0.0620 e. The molecule has 0 aliphatic rings. The standard InChI is InChI=1S/3C18H15P.Ag.ClH/c3*1-4-10-16(11-5-1)19(17-12-6-2-7-13-17)18-14-8-3-9-15-18;;/h3*1-15H;;1H/q;;;+1;/p+2. The van der Waals surface area contributed by atoms with Crippen molar-refractivity contribution in [1.82, 2.24) is 0 Å². The van der Waals surface area contributed by atoms with Crippen LogP contribution in [0.3, 0.4) is 0 Å². The van der Waals surface area contributed by atoms with Crippen LogP contribution in [0.2, 0.25) is 0 Å². The van der Waals surface area contributed by atoms with E-state index in [9.17, 15) is 0 Å². The molecule has 0 spiro atoms. The van der Waals surface area contributed by atoms with Gasteiger partial charge in [-0.3, -0.25) is 0 Å². The van der Waals surface area contributed by atoms with Crippen LogP contribution in [0.15, 0.2) is 273 Å². The van der Waals surface area contributed by atoms with Gasteiger partial charge in [-0.25, -0.2) is 0 Å². The zero-order valence-corrected chi connectivity index (χ0v) is 37.9. The smallest absolute Gasteiger partial charge is 0.0620 e. The Bertz CT molecular complexity index is 1870. The first kappa shape index (κ1) is 43.9. The number of benzene rings is 9. The maximum absolute atomic E-state index is 4.45. The third kappa shape index (κ3) is 13.1. The van der Waals surface area contributed by atoms with Crippen molar-refractivity contribution in [3.8, 4) is 0 Å². The molecule has 0 saturated heterocycles. The number of hydrogen-bond acceptors (Lipinski definition) is 0. The van der Waals surface area contributed by atoms with Gasteiger partial charge < -0.3 is 0 Å². The molecule has 5 heteroatoms. The van der Waals surface area contributed by atoms with Gasteiger partial charge in [0.15, 0.2) is 0 Å². The van der Waals surface area contributed by atoms with Crippen molar-refractivity contribution >= 4 is 80.7 Å². The summed E-state index contributed by atoms with van der Waals surface area (Å²) in [5.74, 6) is 0. The van der Waals surface area contributed by atoms with Crippen LogP contribution >= 0.6 is 33.0 Å². The molecule has 59 heavy (non-hydrogen) atoms. The number of halogens is 1. The maximum atomic E-state index is 4.45. The van der Waals surface area contributed by atoms with Crippen molar-refractivity contribution in [1.29, 1.82) is 0 Å². The third-order valence-electron chi connectivity index (χ3n) is 9.56. The minimum absolute atomic E-state index is 0.877. The van der Waals surface area contributed by atoms with Gasteiger partial charge in [-0.05, 0) is 109 Å². The van der Waals surface area contributed by atoms with Crippen molar-refractivity contribution in [3.63, 3.8) is 0 Å². The average molecular weight is 933 g/mol. The molecule has 0 atom stereocenters. The van der Waals surface area contributed by atoms with Crippen LogP contribution < -0.4 is 47.7 Å². The van der Waals surface area contributed by atoms with E-state index in [-0.39, 0.29) is 0 Å². The third-order valence-corrected chi connectivity index (χ3v) is 17.8. The Balaban J connectivity index is 0.000000146. The Kier molecular flexibility index (Phi) is 18.6. The van der Waals surface area contributed by atoms with Crippen LogP contribution in [0, 0.1) is 0 Å². The molecule has 0 bridgehead atoms. The summed E-state index contributed by atoms with van der Waals surface area (Å²) in [5.41, 5.74) is 0. The van der Waals surface area contributed by atoms with E-state index < -0.39 is 23.8 Å². The molecule has 0 aromatic heterocycles. The first-order valence-corrected chi connectivity index (χ1v) is 26.0. The number of rotatable bonds is 9. The van der Waals surface area contributed by atoms with Crippen LogP contribution in [0.1, 0.15) is 0 Å². The second-order valence-corrected chi connectivity index (χ2v) is 20.9. The van der Waals surface area contributed by atoms with Gasteiger partial charge in [0.25, 0.3) is 0 Å². The molecule has 294 valence electrons. The Labute approximate surface area is 371 Å². The van der Waals surface area contributed by atoms with E-state index in [4.69, 9.17) is 0 Å². The predicted octanol–water partition coefficient (Wildman–Crippen LogP) is 10.2. The first-order chi connectivity index (χ1) is 29.3. The molecular formula is C54H48AgClP3+3. The summed E-state index contributed by atoms with van der Waals surface area (Å²) in [6, 6.07) is 97.5. The van der Waals surface area contributed by atoms with Gasteiger partial charge in [-0.15, -0.1) is 0 Å². The van der Waals surface area contributed by atoms with Gasteiger partial charge >= 0.3 is 29.2 Å². The van der Waals surface area contributed by atoms with E-state index in [2.05, 4.69) is 302 Å². The second kappa shape index (κ2) is 25.0. The molecule has 0 aliphatic heterocycles. The van der Waals surface area contributed by atoms with Crippen LogP contribution in [-0.2, 0) is 20.0 Å². The molecule has 0 aliphatic carbocycles. The van der Waals surface area contributed by atoms with Crippen LogP contribution in [0.4, 0.5) is 0 Å². The first-order valence-electron chi connectivity index (χ1n) is 19.6. The molecule has 0 saturated carbocycles. The fraction of sp³-hybridized carbons (Fsp3) is 0. The predicted molar refractivity (Wildman–Crippen MR) is 265 cm³/mol. The van der Waals surface area contributed by atoms with Crippen LogP contribution in [0.25, 0.3) is 0 Å². The van der Waals surface area contributed by atoms with E-state index in [1.54, 1.807) is 0 Å². The molecule has 9 aromatic carbocycles. The van der Waals surface area contributed by atoms with Crippen molar-refractivity contribution in [3.05, 3.63) is 273 Å². The van der Waals surface area contributed by atoms with E-state index in [1.807, 2.05) is 0 Å². The molecule has 0 fully saturated rings. The topological polar surface area (TPSA) is 0 Å². The summed E-state index contributed by atoms with van der Waals surface area (Å²) in [7, 11) is 1.82. The summed E-state index contributed by atoms with van der Waals surface area (Å²) >= 11 is 2.42. The van der Waals surface area contributed by atoms with E-state index >= 15 is 0 Å². The molecule has 9 rings (SSSR count). The summed E-state index contributed by atoms with van der Waals surface area (Å²) in [6.45, 7) is 0.